The zero-order chi connectivity index (χ0) is 13.9. The Hall–Kier alpha value is -0.910. The largest absolute Gasteiger partial charge is 0.374 e. The second kappa shape index (κ2) is 6.24. The van der Waals surface area contributed by atoms with E-state index in [0.29, 0.717) is 12.1 Å². The minimum absolute atomic E-state index is 0.280. The van der Waals surface area contributed by atoms with E-state index in [4.69, 9.17) is 4.74 Å². The molecule has 20 heavy (non-hydrogen) atoms. The summed E-state index contributed by atoms with van der Waals surface area (Å²) in [6.07, 6.45) is 8.04. The second-order valence-electron chi connectivity index (χ2n) is 6.28. The molecule has 0 spiro atoms. The van der Waals surface area contributed by atoms with Gasteiger partial charge in [-0.15, -0.1) is 0 Å². The number of hydrogen-bond acceptors (Lipinski definition) is 4. The summed E-state index contributed by atoms with van der Waals surface area (Å²) in [6.45, 7) is 6.06. The topological polar surface area (TPSA) is 42.3 Å². The van der Waals surface area contributed by atoms with Gasteiger partial charge in [0.05, 0.1) is 31.3 Å². The maximum absolute atomic E-state index is 5.87. The molecule has 0 aliphatic carbocycles. The van der Waals surface area contributed by atoms with Crippen LogP contribution in [-0.4, -0.2) is 53.3 Å². The first-order valence-electron chi connectivity index (χ1n) is 7.78. The van der Waals surface area contributed by atoms with E-state index in [9.17, 15) is 0 Å². The first-order chi connectivity index (χ1) is 9.72. The summed E-state index contributed by atoms with van der Waals surface area (Å²) in [4.78, 5) is 6.70. The van der Waals surface area contributed by atoms with Crippen LogP contribution in [0.15, 0.2) is 12.5 Å². The molecule has 3 heterocycles. The van der Waals surface area contributed by atoms with Crippen molar-refractivity contribution < 1.29 is 4.74 Å². The summed E-state index contributed by atoms with van der Waals surface area (Å²) in [5.41, 5.74) is 1.31. The molecule has 2 aliphatic heterocycles. The lowest BCUT2D eigenvalue weighted by Crippen LogP contribution is -2.42. The molecule has 3 unspecified atom stereocenters. The summed E-state index contributed by atoms with van der Waals surface area (Å²) >= 11 is 0. The molecule has 0 amide bonds. The van der Waals surface area contributed by atoms with Crippen molar-refractivity contribution in [2.75, 3.05) is 26.7 Å². The van der Waals surface area contributed by atoms with E-state index in [0.717, 1.165) is 26.2 Å². The quantitative estimate of drug-likeness (QED) is 0.908. The van der Waals surface area contributed by atoms with Crippen LogP contribution in [0, 0.1) is 0 Å². The van der Waals surface area contributed by atoms with Crippen molar-refractivity contribution in [3.8, 4) is 0 Å². The normalized spacial score (nSPS) is 32.4. The molecule has 0 saturated carbocycles. The van der Waals surface area contributed by atoms with Gasteiger partial charge in [-0.25, -0.2) is 4.98 Å². The van der Waals surface area contributed by atoms with Gasteiger partial charge in [-0.05, 0) is 33.2 Å². The van der Waals surface area contributed by atoms with Crippen LogP contribution in [0.5, 0.6) is 0 Å². The molecule has 3 rings (SSSR count). The fourth-order valence-corrected chi connectivity index (χ4v) is 3.34. The van der Waals surface area contributed by atoms with E-state index in [1.54, 1.807) is 0 Å². The summed E-state index contributed by atoms with van der Waals surface area (Å²) in [7, 11) is 2.16. The smallest absolute Gasteiger partial charge is 0.0949 e. The van der Waals surface area contributed by atoms with E-state index in [1.165, 1.54) is 25.0 Å². The standard InChI is InChI=1S/C15H26N4O/c1-12-4-3-5-14(17-12)15-8-16-11-19(15)10-13-9-18(2)6-7-20-13/h8,11-14,17H,3-7,9-10H2,1-2H3. The molecule has 0 aromatic carbocycles. The third-order valence-electron chi connectivity index (χ3n) is 4.46. The highest BCUT2D eigenvalue weighted by molar-refractivity contribution is 5.07. The first kappa shape index (κ1) is 14.0. The Bertz CT molecular complexity index is 433. The van der Waals surface area contributed by atoms with Crippen molar-refractivity contribution in [1.29, 1.82) is 0 Å². The number of hydrogen-bond donors (Lipinski definition) is 1. The van der Waals surface area contributed by atoms with Crippen molar-refractivity contribution in [1.82, 2.24) is 19.8 Å². The Kier molecular flexibility index (Phi) is 4.38. The number of likely N-dealkylation sites (N-methyl/N-ethyl adjacent to an activating group) is 1. The maximum atomic E-state index is 5.87. The Morgan fingerprint density at radius 3 is 3.15 bits per heavy atom. The van der Waals surface area contributed by atoms with Crippen LogP contribution in [0.25, 0.3) is 0 Å². The number of ether oxygens (including phenoxy) is 1. The SMILES string of the molecule is CC1CCCC(c2cncn2CC2CN(C)CCO2)N1. The zero-order valence-corrected chi connectivity index (χ0v) is 12.6. The zero-order valence-electron chi connectivity index (χ0n) is 12.6. The fraction of sp³-hybridized carbons (Fsp3) is 0.800. The third-order valence-corrected chi connectivity index (χ3v) is 4.46. The van der Waals surface area contributed by atoms with Gasteiger partial charge in [-0.3, -0.25) is 0 Å². The van der Waals surface area contributed by atoms with Crippen LogP contribution in [0.1, 0.15) is 37.9 Å². The maximum Gasteiger partial charge on any atom is 0.0949 e. The predicted molar refractivity (Wildman–Crippen MR) is 78.7 cm³/mol. The van der Waals surface area contributed by atoms with Crippen LogP contribution >= 0.6 is 0 Å². The average molecular weight is 278 g/mol. The number of nitrogens with one attached hydrogen (secondary N) is 1. The van der Waals surface area contributed by atoms with Gasteiger partial charge in [0.1, 0.15) is 0 Å². The molecule has 2 saturated heterocycles. The van der Waals surface area contributed by atoms with Gasteiger partial charge >= 0.3 is 0 Å². The highest BCUT2D eigenvalue weighted by atomic mass is 16.5. The van der Waals surface area contributed by atoms with E-state index >= 15 is 0 Å². The molecule has 1 aromatic heterocycles. The Morgan fingerprint density at radius 2 is 2.35 bits per heavy atom. The summed E-state index contributed by atoms with van der Waals surface area (Å²) in [6, 6.07) is 1.05. The molecule has 2 aliphatic rings. The number of rotatable bonds is 3. The highest BCUT2D eigenvalue weighted by Gasteiger charge is 2.24. The van der Waals surface area contributed by atoms with Gasteiger partial charge in [0.15, 0.2) is 0 Å². The first-order valence-corrected chi connectivity index (χ1v) is 7.78. The summed E-state index contributed by atoms with van der Waals surface area (Å²) in [5, 5.41) is 3.69. The molecule has 2 fully saturated rings. The van der Waals surface area contributed by atoms with Gasteiger partial charge in [-0.2, -0.15) is 0 Å². The number of nitrogens with zero attached hydrogens (tertiary/aromatic N) is 3. The van der Waals surface area contributed by atoms with Gasteiger partial charge in [0.25, 0.3) is 0 Å². The molecule has 1 N–H and O–H groups in total. The lowest BCUT2D eigenvalue weighted by molar-refractivity contribution is -0.0280. The van der Waals surface area contributed by atoms with E-state index < -0.39 is 0 Å². The minimum Gasteiger partial charge on any atom is -0.374 e. The van der Waals surface area contributed by atoms with E-state index in [1.807, 2.05) is 12.5 Å². The number of aromatic nitrogens is 2. The molecular weight excluding hydrogens is 252 g/mol. The van der Waals surface area contributed by atoms with Crippen LogP contribution in [0.4, 0.5) is 0 Å². The van der Waals surface area contributed by atoms with Gasteiger partial charge in [0, 0.05) is 31.4 Å². The molecule has 5 nitrogen and oxygen atoms in total. The molecule has 1 aromatic rings. The number of morpholine rings is 1. The van der Waals surface area contributed by atoms with Crippen LogP contribution in [0.2, 0.25) is 0 Å². The fourth-order valence-electron chi connectivity index (χ4n) is 3.34. The molecule has 0 radical (unpaired) electrons. The Morgan fingerprint density at radius 1 is 1.45 bits per heavy atom. The van der Waals surface area contributed by atoms with Gasteiger partial charge in [-0.1, -0.05) is 0 Å². The lowest BCUT2D eigenvalue weighted by Gasteiger charge is -2.32. The molecule has 112 valence electrons. The molecule has 3 atom stereocenters. The number of piperidine rings is 1. The molecular formula is C15H26N4O. The third kappa shape index (κ3) is 3.22. The lowest BCUT2D eigenvalue weighted by atomic mass is 9.97. The summed E-state index contributed by atoms with van der Waals surface area (Å²) in [5.74, 6) is 0. The predicted octanol–water partition coefficient (Wildman–Crippen LogP) is 1.42. The van der Waals surface area contributed by atoms with Crippen molar-refractivity contribution in [3.05, 3.63) is 18.2 Å². The van der Waals surface area contributed by atoms with E-state index in [-0.39, 0.29) is 6.10 Å². The minimum atomic E-state index is 0.280. The average Bonchev–Trinajstić information content (AvgIpc) is 2.87. The van der Waals surface area contributed by atoms with Crippen LogP contribution in [0.3, 0.4) is 0 Å². The Labute approximate surface area is 121 Å². The van der Waals surface area contributed by atoms with Crippen molar-refractivity contribution in [3.63, 3.8) is 0 Å². The summed E-state index contributed by atoms with van der Waals surface area (Å²) < 4.78 is 8.15. The Balaban J connectivity index is 1.66. The van der Waals surface area contributed by atoms with Gasteiger partial charge in [0.2, 0.25) is 0 Å². The second-order valence-corrected chi connectivity index (χ2v) is 6.28. The molecule has 5 heteroatoms. The van der Waals surface area contributed by atoms with Gasteiger partial charge < -0.3 is 19.5 Å². The van der Waals surface area contributed by atoms with Crippen molar-refractivity contribution in [2.45, 2.75) is 50.9 Å². The van der Waals surface area contributed by atoms with Crippen LogP contribution in [-0.2, 0) is 11.3 Å². The van der Waals surface area contributed by atoms with Crippen LogP contribution < -0.4 is 5.32 Å². The number of imidazole rings is 1. The monoisotopic (exact) mass is 278 g/mol. The highest BCUT2D eigenvalue weighted by Crippen LogP contribution is 2.25. The van der Waals surface area contributed by atoms with Crippen molar-refractivity contribution >= 4 is 0 Å². The van der Waals surface area contributed by atoms with Crippen molar-refractivity contribution in [2.24, 2.45) is 0 Å². The molecule has 0 bridgehead atoms. The van der Waals surface area contributed by atoms with E-state index in [2.05, 4.69) is 33.7 Å².